The number of aryl methyl sites for hydroxylation is 1. The zero-order valence-corrected chi connectivity index (χ0v) is 37.9. The Hall–Kier alpha value is -6.49. The molecule has 0 radical (unpaired) electrons. The number of benzene rings is 3. The summed E-state index contributed by atoms with van der Waals surface area (Å²) in [6, 6.07) is 21.5. The number of carbonyl (C=O) groups is 1. The Labute approximate surface area is 389 Å². The van der Waals surface area contributed by atoms with Gasteiger partial charge in [0.05, 0.1) is 28.9 Å². The van der Waals surface area contributed by atoms with E-state index in [2.05, 4.69) is 17.6 Å². The highest BCUT2D eigenvalue weighted by Crippen LogP contribution is 2.62. The largest absolute Gasteiger partial charge is 0.487 e. The lowest BCUT2D eigenvalue weighted by atomic mass is 9.55. The molecule has 16 heteroatoms. The number of oxime groups is 1. The highest BCUT2D eigenvalue weighted by molar-refractivity contribution is 6.03. The third-order valence-corrected chi connectivity index (χ3v) is 12.9. The predicted octanol–water partition coefficient (Wildman–Crippen LogP) is 8.96. The molecule has 6 atom stereocenters. The zero-order chi connectivity index (χ0) is 46.9. The maximum atomic E-state index is 15.1. The molecule has 16 nitrogen and oxygen atoms in total. The maximum absolute atomic E-state index is 15.1. The molecule has 1 fully saturated rings. The molecule has 0 saturated heterocycles. The second kappa shape index (κ2) is 21.4. The number of hydrogen-bond acceptors (Lipinski definition) is 14. The molecular weight excluding hydrogens is 861 g/mol. The molecule has 2 aliphatic carbocycles. The first-order valence-electron chi connectivity index (χ1n) is 23.0. The number of unbranched alkanes of at least 4 members (excludes halogenated alkanes) is 2. The molecule has 67 heavy (non-hydrogen) atoms. The fraction of sp³-hybridized carbons (Fsp3) is 0.431. The van der Waals surface area contributed by atoms with Gasteiger partial charge in [-0.2, -0.15) is 0 Å². The van der Waals surface area contributed by atoms with Crippen molar-refractivity contribution in [2.24, 2.45) is 22.9 Å². The second-order valence-electron chi connectivity index (χ2n) is 17.2. The van der Waals surface area contributed by atoms with Gasteiger partial charge in [-0.1, -0.05) is 42.3 Å². The minimum absolute atomic E-state index is 0.00955. The number of nitro groups is 1. The molecule has 2 aliphatic heterocycles. The van der Waals surface area contributed by atoms with Crippen LogP contribution in [0.15, 0.2) is 108 Å². The number of hydrogen-bond donors (Lipinski definition) is 2. The van der Waals surface area contributed by atoms with Crippen molar-refractivity contribution in [1.82, 2.24) is 9.88 Å². The van der Waals surface area contributed by atoms with Gasteiger partial charge in [-0.25, -0.2) is 4.79 Å². The number of carbonyl (C=O) groups excluding carboxylic acids is 1. The molecule has 1 aromatic heterocycles. The van der Waals surface area contributed by atoms with Crippen LogP contribution in [0.4, 0.5) is 10.5 Å². The summed E-state index contributed by atoms with van der Waals surface area (Å²) in [5.41, 5.74) is 4.60. The van der Waals surface area contributed by atoms with Crippen LogP contribution < -0.4 is 23.7 Å². The number of amides is 1. The number of non-ortho nitro benzene ring substituents is 1. The molecule has 0 bridgehead atoms. The lowest BCUT2D eigenvalue weighted by Gasteiger charge is -2.59. The van der Waals surface area contributed by atoms with E-state index in [9.17, 15) is 20.3 Å². The standard InChI is InChI=1S/C51H58N4O12/c1-4-25-64-51-47(54(30-34-15-21-45-46(26-34)63-32-62-45)50(58)66-38-18-16-37(17-19-38)55(59)60)29-43(53-65-5-2)41-27-35(12-6-8-23-56)40(14-7-9-24-57)48(49(41)51)42-28-39(20-22-44(42)67-51)61-31-36-13-10-11-33(3)52-36/h4,10-11,13,15-22,26-28,35,40,47-49,56-57H,1,5-9,12,14,23-25,29-32H2,2-3H3/t35-,40+,47-,48+,49+,51+/m0/s1. The van der Waals surface area contributed by atoms with E-state index in [0.29, 0.717) is 47.1 Å². The second-order valence-corrected chi connectivity index (χ2v) is 17.2. The Bertz CT molecular complexity index is 2460. The van der Waals surface area contributed by atoms with Gasteiger partial charge in [0.15, 0.2) is 11.5 Å². The number of aliphatic hydroxyl groups excluding tert-OH is 2. The zero-order valence-electron chi connectivity index (χ0n) is 37.9. The summed E-state index contributed by atoms with van der Waals surface area (Å²) < 4.78 is 38.4. The first-order chi connectivity index (χ1) is 32.7. The summed E-state index contributed by atoms with van der Waals surface area (Å²) in [5, 5.41) is 36.3. The van der Waals surface area contributed by atoms with Crippen LogP contribution in [0.25, 0.3) is 0 Å². The molecule has 2 N–H and O–H groups in total. The van der Waals surface area contributed by atoms with E-state index in [1.54, 1.807) is 17.0 Å². The SMILES string of the molecule is C=CCO[C@@]12Oc3ccc(OCc4cccc(C)n4)cc3[C@H]3[C@H](CCCCO)[C@@H](CCCCO)C=C(C(=NOCC)C[C@@H]1N(Cc1ccc4c(c1)OCO4)C(=O)Oc1ccc([N+](=O)[O-])cc1)[C@H]32. The summed E-state index contributed by atoms with van der Waals surface area (Å²) in [6.07, 6.45) is 7.59. The van der Waals surface area contributed by atoms with Crippen LogP contribution in [-0.4, -0.2) is 81.9 Å². The first kappa shape index (κ1) is 47.0. The van der Waals surface area contributed by atoms with Gasteiger partial charge in [0.25, 0.3) is 5.69 Å². The minimum Gasteiger partial charge on any atom is -0.487 e. The van der Waals surface area contributed by atoms with E-state index in [0.717, 1.165) is 48.2 Å². The van der Waals surface area contributed by atoms with Crippen LogP contribution in [0.5, 0.6) is 28.7 Å². The summed E-state index contributed by atoms with van der Waals surface area (Å²) >= 11 is 0. The molecule has 1 amide bonds. The van der Waals surface area contributed by atoms with Crippen molar-refractivity contribution in [1.29, 1.82) is 0 Å². The molecule has 8 rings (SSSR count). The lowest BCUT2D eigenvalue weighted by Crippen LogP contribution is -2.70. The normalized spacial score (nSPS) is 22.7. The maximum Gasteiger partial charge on any atom is 0.416 e. The number of rotatable bonds is 21. The topological polar surface area (TPSA) is 194 Å². The number of pyridine rings is 1. The summed E-state index contributed by atoms with van der Waals surface area (Å²) in [7, 11) is 0. The molecule has 3 heterocycles. The van der Waals surface area contributed by atoms with Gasteiger partial charge >= 0.3 is 6.09 Å². The van der Waals surface area contributed by atoms with Crippen molar-refractivity contribution in [3.63, 3.8) is 0 Å². The predicted molar refractivity (Wildman–Crippen MR) is 247 cm³/mol. The Morgan fingerprint density at radius 1 is 0.985 bits per heavy atom. The molecule has 4 aromatic rings. The van der Waals surface area contributed by atoms with E-state index in [1.807, 2.05) is 62.4 Å². The van der Waals surface area contributed by atoms with E-state index in [1.165, 1.54) is 24.3 Å². The lowest BCUT2D eigenvalue weighted by molar-refractivity contribution is -0.384. The average molecular weight is 919 g/mol. The van der Waals surface area contributed by atoms with Crippen LogP contribution in [0, 0.1) is 34.8 Å². The van der Waals surface area contributed by atoms with Crippen LogP contribution in [0.3, 0.4) is 0 Å². The Balaban J connectivity index is 1.31. The number of allylic oxidation sites excluding steroid dienone is 1. The highest BCUT2D eigenvalue weighted by atomic mass is 16.7. The van der Waals surface area contributed by atoms with Crippen molar-refractivity contribution < 1.29 is 53.2 Å². The molecule has 1 saturated carbocycles. The van der Waals surface area contributed by atoms with Gasteiger partial charge in [-0.05, 0) is 117 Å². The van der Waals surface area contributed by atoms with E-state index in [4.69, 9.17) is 38.4 Å². The monoisotopic (exact) mass is 918 g/mol. The average Bonchev–Trinajstić information content (AvgIpc) is 3.81. The van der Waals surface area contributed by atoms with Crippen molar-refractivity contribution in [2.75, 3.05) is 33.2 Å². The van der Waals surface area contributed by atoms with Gasteiger partial charge in [-0.15, -0.1) is 6.58 Å². The van der Waals surface area contributed by atoms with Crippen molar-refractivity contribution in [3.8, 4) is 28.7 Å². The number of nitro benzene ring substituents is 1. The van der Waals surface area contributed by atoms with E-state index >= 15 is 4.79 Å². The van der Waals surface area contributed by atoms with Gasteiger partial charge in [-0.3, -0.25) is 20.0 Å². The number of fused-ring (bicyclic) bond motifs is 3. The van der Waals surface area contributed by atoms with Crippen LogP contribution in [-0.2, 0) is 22.7 Å². The van der Waals surface area contributed by atoms with Crippen molar-refractivity contribution >= 4 is 17.5 Å². The summed E-state index contributed by atoms with van der Waals surface area (Å²) in [5.74, 6) is -0.122. The number of aromatic nitrogens is 1. The van der Waals surface area contributed by atoms with Gasteiger partial charge in [0, 0.05) is 55.5 Å². The first-order valence-corrected chi connectivity index (χ1v) is 23.0. The van der Waals surface area contributed by atoms with Crippen LogP contribution in [0.2, 0.25) is 0 Å². The number of nitrogens with zero attached hydrogens (tertiary/aromatic N) is 4. The van der Waals surface area contributed by atoms with Crippen LogP contribution >= 0.6 is 0 Å². The van der Waals surface area contributed by atoms with Gasteiger partial charge in [0.2, 0.25) is 12.6 Å². The van der Waals surface area contributed by atoms with E-state index < -0.39 is 28.8 Å². The fourth-order valence-corrected chi connectivity index (χ4v) is 10.1. The molecular formula is C51H58N4O12. The van der Waals surface area contributed by atoms with Crippen molar-refractivity contribution in [2.45, 2.75) is 89.7 Å². The Morgan fingerprint density at radius 3 is 2.49 bits per heavy atom. The highest BCUT2D eigenvalue weighted by Gasteiger charge is 2.66. The minimum atomic E-state index is -1.59. The van der Waals surface area contributed by atoms with Crippen molar-refractivity contribution in [3.05, 3.63) is 136 Å². The summed E-state index contributed by atoms with van der Waals surface area (Å²) in [4.78, 5) is 38.2. The molecule has 354 valence electrons. The molecule has 4 aliphatic rings. The fourth-order valence-electron chi connectivity index (χ4n) is 10.1. The van der Waals surface area contributed by atoms with E-state index in [-0.39, 0.29) is 82.0 Å². The Kier molecular flexibility index (Phi) is 15.0. The third kappa shape index (κ3) is 10.3. The molecule has 3 aromatic carbocycles. The third-order valence-electron chi connectivity index (χ3n) is 12.9. The van der Waals surface area contributed by atoms with Gasteiger partial charge < -0.3 is 43.5 Å². The van der Waals surface area contributed by atoms with Crippen LogP contribution in [0.1, 0.15) is 80.3 Å². The number of aliphatic hydroxyl groups is 2. The number of ether oxygens (including phenoxy) is 6. The molecule has 0 spiro atoms. The molecule has 0 unspecified atom stereocenters. The quantitative estimate of drug-likeness (QED) is 0.0349. The Morgan fingerprint density at radius 2 is 1.75 bits per heavy atom. The van der Waals surface area contributed by atoms with Gasteiger partial charge in [0.1, 0.15) is 36.5 Å². The smallest absolute Gasteiger partial charge is 0.416 e. The summed E-state index contributed by atoms with van der Waals surface area (Å²) in [6.45, 7) is 8.58.